The van der Waals surface area contributed by atoms with E-state index in [-0.39, 0.29) is 51.3 Å². The van der Waals surface area contributed by atoms with E-state index >= 15 is 4.39 Å². The van der Waals surface area contributed by atoms with E-state index in [2.05, 4.69) is 4.98 Å². The van der Waals surface area contributed by atoms with Gasteiger partial charge in [0.15, 0.2) is 9.84 Å². The number of halogens is 3. The molecule has 1 fully saturated rings. The Morgan fingerprint density at radius 3 is 2.71 bits per heavy atom. The van der Waals surface area contributed by atoms with Gasteiger partial charge in [0.25, 0.3) is 5.56 Å². The zero-order valence-electron chi connectivity index (χ0n) is 18.6. The first-order valence-electron chi connectivity index (χ1n) is 11.0. The number of rotatable bonds is 6. The molecule has 1 aromatic heterocycles. The fraction of sp³-hybridized carbons (Fsp3) is 0.391. The number of piperidine rings is 1. The normalized spacial score (nSPS) is 17.4. The van der Waals surface area contributed by atoms with E-state index in [1.807, 2.05) is 4.90 Å². The molecule has 2 N–H and O–H groups in total. The summed E-state index contributed by atoms with van der Waals surface area (Å²) >= 11 is 12.6. The zero-order valence-corrected chi connectivity index (χ0v) is 20.9. The minimum Gasteiger partial charge on any atom is -0.327 e. The SMILES string of the molecule is CCS(=O)(=O)c1ccc(Cl)cc1Cn1cnc2c(Cl)c(CN3CCC[C@H](N)C3)c(F)cc2c1=O. The van der Waals surface area contributed by atoms with Gasteiger partial charge in [0, 0.05) is 29.7 Å². The van der Waals surface area contributed by atoms with Gasteiger partial charge in [0.2, 0.25) is 0 Å². The largest absolute Gasteiger partial charge is 0.327 e. The Labute approximate surface area is 207 Å². The van der Waals surface area contributed by atoms with Crippen LogP contribution in [0.2, 0.25) is 10.0 Å². The number of aromatic nitrogens is 2. The van der Waals surface area contributed by atoms with E-state index in [1.54, 1.807) is 0 Å². The second-order valence-corrected chi connectivity index (χ2v) is 11.6. The van der Waals surface area contributed by atoms with Gasteiger partial charge in [-0.3, -0.25) is 14.3 Å². The second kappa shape index (κ2) is 9.91. The number of benzene rings is 2. The third-order valence-electron chi connectivity index (χ3n) is 6.11. The number of likely N-dealkylation sites (tertiary alicyclic amines) is 1. The maximum absolute atomic E-state index is 15.1. The van der Waals surface area contributed by atoms with Crippen molar-refractivity contribution < 1.29 is 12.8 Å². The molecule has 1 saturated heterocycles. The van der Waals surface area contributed by atoms with Crippen molar-refractivity contribution in [3.05, 3.63) is 67.9 Å². The number of hydrogen-bond donors (Lipinski definition) is 1. The van der Waals surface area contributed by atoms with Crippen LogP contribution in [0, 0.1) is 5.82 Å². The highest BCUT2D eigenvalue weighted by molar-refractivity contribution is 7.91. The summed E-state index contributed by atoms with van der Waals surface area (Å²) in [7, 11) is -3.55. The summed E-state index contributed by atoms with van der Waals surface area (Å²) in [5, 5.41) is 0.449. The predicted molar refractivity (Wildman–Crippen MR) is 132 cm³/mol. The van der Waals surface area contributed by atoms with E-state index < -0.39 is 21.2 Å². The third-order valence-corrected chi connectivity index (χ3v) is 8.58. The maximum Gasteiger partial charge on any atom is 0.261 e. The lowest BCUT2D eigenvalue weighted by molar-refractivity contribution is 0.199. The fourth-order valence-electron chi connectivity index (χ4n) is 4.30. The molecule has 11 heteroatoms. The third kappa shape index (κ3) is 4.99. The molecule has 0 radical (unpaired) electrons. The van der Waals surface area contributed by atoms with Crippen molar-refractivity contribution >= 4 is 43.9 Å². The zero-order chi connectivity index (χ0) is 24.6. The summed E-state index contributed by atoms with van der Waals surface area (Å²) in [5.74, 6) is -0.692. The molecule has 0 bridgehead atoms. The van der Waals surface area contributed by atoms with Crippen LogP contribution in [0.1, 0.15) is 30.9 Å². The lowest BCUT2D eigenvalue weighted by atomic mass is 10.0. The fourth-order valence-corrected chi connectivity index (χ4v) is 5.91. The Bertz CT molecular complexity index is 1410. The molecule has 2 heterocycles. The molecule has 1 aliphatic heterocycles. The first-order valence-corrected chi connectivity index (χ1v) is 13.4. The Balaban J connectivity index is 1.74. The van der Waals surface area contributed by atoms with Crippen molar-refractivity contribution in [1.29, 1.82) is 0 Å². The van der Waals surface area contributed by atoms with Crippen LogP contribution >= 0.6 is 23.2 Å². The molecular weight excluding hydrogens is 502 g/mol. The Kier molecular flexibility index (Phi) is 7.30. The van der Waals surface area contributed by atoms with Crippen LogP contribution in [-0.4, -0.2) is 47.8 Å². The Morgan fingerprint density at radius 2 is 2.00 bits per heavy atom. The molecule has 0 spiro atoms. The van der Waals surface area contributed by atoms with Gasteiger partial charge in [-0.05, 0) is 49.2 Å². The van der Waals surface area contributed by atoms with Gasteiger partial charge < -0.3 is 5.73 Å². The topological polar surface area (TPSA) is 98.3 Å². The van der Waals surface area contributed by atoms with E-state index in [0.29, 0.717) is 17.1 Å². The molecule has 2 aromatic carbocycles. The molecule has 0 unspecified atom stereocenters. The van der Waals surface area contributed by atoms with Crippen molar-refractivity contribution in [2.45, 2.75) is 43.8 Å². The molecule has 4 rings (SSSR count). The van der Waals surface area contributed by atoms with Gasteiger partial charge in [-0.2, -0.15) is 0 Å². The lowest BCUT2D eigenvalue weighted by Gasteiger charge is -2.31. The van der Waals surface area contributed by atoms with Crippen LogP contribution in [0.15, 0.2) is 40.3 Å². The molecule has 0 saturated carbocycles. The highest BCUT2D eigenvalue weighted by Crippen LogP contribution is 2.29. The van der Waals surface area contributed by atoms with E-state index in [9.17, 15) is 13.2 Å². The summed E-state index contributed by atoms with van der Waals surface area (Å²) in [4.78, 5) is 19.6. The molecule has 1 aliphatic rings. The molecule has 3 aromatic rings. The van der Waals surface area contributed by atoms with Crippen LogP contribution in [-0.2, 0) is 22.9 Å². The molecule has 182 valence electrons. The highest BCUT2D eigenvalue weighted by Gasteiger charge is 2.23. The number of nitrogens with zero attached hydrogens (tertiary/aromatic N) is 3. The summed E-state index contributed by atoms with van der Waals surface area (Å²) in [6, 6.07) is 5.59. The first kappa shape index (κ1) is 25.1. The number of hydrogen-bond acceptors (Lipinski definition) is 6. The minimum atomic E-state index is -3.55. The summed E-state index contributed by atoms with van der Waals surface area (Å²) in [6.07, 6.45) is 3.15. The van der Waals surface area contributed by atoms with E-state index in [0.717, 1.165) is 25.5 Å². The second-order valence-electron chi connectivity index (χ2n) is 8.52. The van der Waals surface area contributed by atoms with E-state index in [4.69, 9.17) is 28.9 Å². The molecule has 0 amide bonds. The van der Waals surface area contributed by atoms with Crippen LogP contribution in [0.25, 0.3) is 10.9 Å². The molecule has 1 atom stereocenters. The lowest BCUT2D eigenvalue weighted by Crippen LogP contribution is -2.42. The average Bonchev–Trinajstić information content (AvgIpc) is 2.79. The standard InChI is InChI=1S/C23H25Cl2FN4O3S/c1-2-34(32,33)20-6-5-15(24)8-14(20)10-30-13-28-22-17(23(30)31)9-19(26)18(21(22)25)12-29-7-3-4-16(27)11-29/h5-6,8-9,13,16H,2-4,7,10-12,27H2,1H3/t16-/m0/s1. The van der Waals surface area contributed by atoms with Gasteiger partial charge in [-0.1, -0.05) is 30.1 Å². The van der Waals surface area contributed by atoms with Gasteiger partial charge in [-0.25, -0.2) is 17.8 Å². The summed E-state index contributed by atoms with van der Waals surface area (Å²) < 4.78 is 41.3. The summed E-state index contributed by atoms with van der Waals surface area (Å²) in [6.45, 7) is 3.16. The highest BCUT2D eigenvalue weighted by atomic mass is 35.5. The Hall–Kier alpha value is -2.04. The van der Waals surface area contributed by atoms with Crippen LogP contribution < -0.4 is 11.3 Å². The van der Waals surface area contributed by atoms with Gasteiger partial charge >= 0.3 is 0 Å². The predicted octanol–water partition coefficient (Wildman–Crippen LogP) is 3.61. The van der Waals surface area contributed by atoms with Crippen molar-refractivity contribution in [1.82, 2.24) is 14.5 Å². The van der Waals surface area contributed by atoms with Gasteiger partial charge in [0.05, 0.1) is 39.4 Å². The quantitative estimate of drug-likeness (QED) is 0.526. The maximum atomic E-state index is 15.1. The number of fused-ring (bicyclic) bond motifs is 1. The first-order chi connectivity index (χ1) is 16.1. The van der Waals surface area contributed by atoms with Crippen molar-refractivity contribution in [2.75, 3.05) is 18.8 Å². The van der Waals surface area contributed by atoms with Crippen molar-refractivity contribution in [3.63, 3.8) is 0 Å². The monoisotopic (exact) mass is 526 g/mol. The molecule has 7 nitrogen and oxygen atoms in total. The molecule has 34 heavy (non-hydrogen) atoms. The smallest absolute Gasteiger partial charge is 0.261 e. The minimum absolute atomic E-state index is 0.0195. The average molecular weight is 527 g/mol. The van der Waals surface area contributed by atoms with Crippen molar-refractivity contribution in [2.24, 2.45) is 5.73 Å². The van der Waals surface area contributed by atoms with Crippen LogP contribution in [0.5, 0.6) is 0 Å². The van der Waals surface area contributed by atoms with Crippen LogP contribution in [0.4, 0.5) is 4.39 Å². The van der Waals surface area contributed by atoms with E-state index in [1.165, 1.54) is 36.0 Å². The van der Waals surface area contributed by atoms with Crippen LogP contribution in [0.3, 0.4) is 0 Å². The number of sulfone groups is 1. The summed E-state index contributed by atoms with van der Waals surface area (Å²) in [5.41, 5.74) is 6.33. The van der Waals surface area contributed by atoms with Crippen molar-refractivity contribution in [3.8, 4) is 0 Å². The Morgan fingerprint density at radius 1 is 1.24 bits per heavy atom. The number of nitrogens with two attached hydrogens (primary N) is 1. The molecule has 0 aliphatic carbocycles. The van der Waals surface area contributed by atoms with Gasteiger partial charge in [-0.15, -0.1) is 0 Å². The van der Waals surface area contributed by atoms with Gasteiger partial charge in [0.1, 0.15) is 5.82 Å². The molecular formula is C23H25Cl2FN4O3S.